The number of esters is 1. The Morgan fingerprint density at radius 2 is 1.76 bits per heavy atom. The summed E-state index contributed by atoms with van der Waals surface area (Å²) < 4.78 is 5.20. The highest BCUT2D eigenvalue weighted by atomic mass is 79.9. The fraction of sp³-hybridized carbons (Fsp3) is 0.500. The Kier molecular flexibility index (Phi) is 5.63. The second-order valence-corrected chi connectivity index (χ2v) is 10.3. The van der Waals surface area contributed by atoms with Crippen molar-refractivity contribution < 1.29 is 23.9 Å². The monoisotopic (exact) mass is 545 g/mol. The van der Waals surface area contributed by atoms with E-state index >= 15 is 0 Å². The molecule has 0 N–H and O–H groups in total. The van der Waals surface area contributed by atoms with Gasteiger partial charge >= 0.3 is 5.97 Å². The summed E-state index contributed by atoms with van der Waals surface area (Å²) in [5.74, 6) is -2.44. The lowest BCUT2D eigenvalue weighted by Crippen LogP contribution is -2.39. The fourth-order valence-electron chi connectivity index (χ4n) is 4.86. The van der Waals surface area contributed by atoms with Gasteiger partial charge in [0.2, 0.25) is 17.6 Å². The van der Waals surface area contributed by atoms with Crippen LogP contribution in [0.1, 0.15) is 23.7 Å². The molecule has 2 bridgehead atoms. The van der Waals surface area contributed by atoms with E-state index in [1.807, 2.05) is 0 Å². The average Bonchev–Trinajstić information content (AvgIpc) is 3.28. The zero-order valence-electron chi connectivity index (χ0n) is 15.4. The summed E-state index contributed by atoms with van der Waals surface area (Å²) in [5.41, 5.74) is 0.323. The van der Waals surface area contributed by atoms with Crippen molar-refractivity contribution >= 4 is 67.0 Å². The molecule has 9 heteroatoms. The van der Waals surface area contributed by atoms with Crippen LogP contribution in [0.4, 0.5) is 0 Å². The molecule has 2 aliphatic carbocycles. The molecule has 2 saturated carbocycles. The van der Waals surface area contributed by atoms with Gasteiger partial charge in [-0.2, -0.15) is 0 Å². The lowest BCUT2D eigenvalue weighted by Gasteiger charge is -2.28. The number of Topliss-reactive ketones (excluding diaryl/α,β-unsaturated/α-hetero) is 1. The number of carbonyl (C=O) groups is 4. The van der Waals surface area contributed by atoms with Gasteiger partial charge in [0.1, 0.15) is 6.54 Å². The minimum absolute atomic E-state index is 0.0789. The first-order valence-electron chi connectivity index (χ1n) is 9.33. The van der Waals surface area contributed by atoms with Crippen molar-refractivity contribution in [2.75, 3.05) is 6.54 Å². The van der Waals surface area contributed by atoms with Gasteiger partial charge in [0, 0.05) is 20.2 Å². The normalized spacial score (nSPS) is 33.7. The SMILES string of the molecule is C[C@H](OC(=O)CN1C(=O)[C@@H]2[C@@H]3C[C@H]([C@H](Br)[C@@H]3Br)[C@@H]2C1=O)C(=O)c1cccc(Cl)c1. The Morgan fingerprint density at radius 3 is 2.31 bits per heavy atom. The molecule has 4 rings (SSSR count). The van der Waals surface area contributed by atoms with E-state index in [0.717, 1.165) is 11.3 Å². The van der Waals surface area contributed by atoms with E-state index in [0.29, 0.717) is 10.6 Å². The number of rotatable bonds is 5. The first-order valence-corrected chi connectivity index (χ1v) is 11.5. The summed E-state index contributed by atoms with van der Waals surface area (Å²) in [6.07, 6.45) is -0.231. The van der Waals surface area contributed by atoms with Crippen molar-refractivity contribution in [3.05, 3.63) is 34.9 Å². The Hall–Kier alpha value is -1.25. The van der Waals surface area contributed by atoms with Crippen LogP contribution in [0.2, 0.25) is 5.02 Å². The third-order valence-electron chi connectivity index (χ3n) is 6.15. The number of amides is 2. The van der Waals surface area contributed by atoms with Gasteiger partial charge in [-0.15, -0.1) is 0 Å². The number of ketones is 1. The molecule has 2 amide bonds. The second-order valence-electron chi connectivity index (χ2n) is 7.77. The fourth-order valence-corrected chi connectivity index (χ4v) is 6.92. The third-order valence-corrected chi connectivity index (χ3v) is 9.59. The minimum Gasteiger partial charge on any atom is -0.453 e. The maximum absolute atomic E-state index is 12.8. The van der Waals surface area contributed by atoms with E-state index in [1.165, 1.54) is 13.0 Å². The molecule has 0 unspecified atom stereocenters. The number of halogens is 3. The van der Waals surface area contributed by atoms with Crippen LogP contribution in [0.5, 0.6) is 0 Å². The number of ether oxygens (including phenoxy) is 1. The molecule has 1 aromatic carbocycles. The Bertz CT molecular complexity index is 877. The lowest BCUT2D eigenvalue weighted by atomic mass is 9.81. The van der Waals surface area contributed by atoms with Crippen LogP contribution in [0.15, 0.2) is 24.3 Å². The molecule has 7 atom stereocenters. The van der Waals surface area contributed by atoms with Gasteiger partial charge in [0.15, 0.2) is 6.10 Å². The van der Waals surface area contributed by atoms with E-state index in [2.05, 4.69) is 31.9 Å². The predicted octanol–water partition coefficient (Wildman–Crippen LogP) is 3.23. The van der Waals surface area contributed by atoms with Crippen molar-refractivity contribution in [3.63, 3.8) is 0 Å². The van der Waals surface area contributed by atoms with Gasteiger partial charge < -0.3 is 4.74 Å². The number of nitrogens with zero attached hydrogens (tertiary/aromatic N) is 1. The van der Waals surface area contributed by atoms with Crippen LogP contribution in [-0.2, 0) is 19.1 Å². The van der Waals surface area contributed by atoms with Crippen molar-refractivity contribution in [1.29, 1.82) is 0 Å². The molecule has 1 aliphatic heterocycles. The van der Waals surface area contributed by atoms with Gasteiger partial charge in [0.25, 0.3) is 0 Å². The summed E-state index contributed by atoms with van der Waals surface area (Å²) in [4.78, 5) is 51.7. The van der Waals surface area contributed by atoms with Gasteiger partial charge in [-0.25, -0.2) is 0 Å². The van der Waals surface area contributed by atoms with Crippen molar-refractivity contribution in [2.45, 2.75) is 29.1 Å². The molecule has 1 aromatic rings. The number of imide groups is 1. The quantitative estimate of drug-likeness (QED) is 0.245. The number of benzene rings is 1. The number of alkyl halides is 2. The van der Waals surface area contributed by atoms with Crippen LogP contribution in [-0.4, -0.2) is 50.8 Å². The van der Waals surface area contributed by atoms with Gasteiger partial charge in [0.05, 0.1) is 11.8 Å². The van der Waals surface area contributed by atoms with Gasteiger partial charge in [-0.1, -0.05) is 55.6 Å². The standard InChI is InChI=1S/C20H18Br2ClNO5/c1-8(18(26)9-3-2-4-10(23)5-9)29-13(25)7-24-19(27)14-11-6-12(15(14)20(24)28)17(22)16(11)21/h2-5,8,11-12,14-17H,6-7H2,1H3/t8-,11-,12-,14-,15+,16-,17+/m0/s1. The summed E-state index contributed by atoms with van der Waals surface area (Å²) >= 11 is 13.1. The zero-order chi connectivity index (χ0) is 21.0. The van der Waals surface area contributed by atoms with Gasteiger partial charge in [-0.05, 0) is 37.3 Å². The van der Waals surface area contributed by atoms with E-state index in [1.54, 1.807) is 18.2 Å². The van der Waals surface area contributed by atoms with Crippen molar-refractivity contribution in [1.82, 2.24) is 4.90 Å². The zero-order valence-corrected chi connectivity index (χ0v) is 19.3. The highest BCUT2D eigenvalue weighted by Gasteiger charge is 2.66. The van der Waals surface area contributed by atoms with E-state index < -0.39 is 24.4 Å². The van der Waals surface area contributed by atoms with Crippen molar-refractivity contribution in [2.24, 2.45) is 23.7 Å². The minimum atomic E-state index is -1.05. The Balaban J connectivity index is 1.41. The molecule has 29 heavy (non-hydrogen) atoms. The van der Waals surface area contributed by atoms with Crippen LogP contribution < -0.4 is 0 Å². The molecular weight excluding hydrogens is 529 g/mol. The number of carbonyl (C=O) groups excluding carboxylic acids is 4. The molecule has 3 fully saturated rings. The molecule has 6 nitrogen and oxygen atoms in total. The van der Waals surface area contributed by atoms with Crippen LogP contribution in [0, 0.1) is 23.7 Å². The topological polar surface area (TPSA) is 80.8 Å². The molecule has 0 spiro atoms. The van der Waals surface area contributed by atoms with Crippen LogP contribution in [0.25, 0.3) is 0 Å². The highest BCUT2D eigenvalue weighted by molar-refractivity contribution is 9.12. The second kappa shape index (κ2) is 7.78. The van der Waals surface area contributed by atoms with Crippen molar-refractivity contribution in [3.8, 4) is 0 Å². The average molecular weight is 548 g/mol. The van der Waals surface area contributed by atoms with Gasteiger partial charge in [-0.3, -0.25) is 24.1 Å². The maximum Gasteiger partial charge on any atom is 0.326 e. The van der Waals surface area contributed by atoms with E-state index in [-0.39, 0.29) is 45.1 Å². The first kappa shape index (κ1) is 21.0. The van der Waals surface area contributed by atoms with E-state index in [9.17, 15) is 19.2 Å². The number of likely N-dealkylation sites (tertiary alicyclic amines) is 1. The molecule has 0 radical (unpaired) electrons. The predicted molar refractivity (Wildman–Crippen MR) is 112 cm³/mol. The largest absolute Gasteiger partial charge is 0.453 e. The molecule has 154 valence electrons. The first-order chi connectivity index (χ1) is 13.7. The molecule has 0 aromatic heterocycles. The summed E-state index contributed by atoms with van der Waals surface area (Å²) in [6, 6.07) is 6.34. The van der Waals surface area contributed by atoms with E-state index in [4.69, 9.17) is 16.3 Å². The summed E-state index contributed by atoms with van der Waals surface area (Å²) in [5, 5.41) is 0.402. The summed E-state index contributed by atoms with van der Waals surface area (Å²) in [6.45, 7) is 0.978. The number of hydrogen-bond donors (Lipinski definition) is 0. The number of fused-ring (bicyclic) bond motifs is 5. The molecule has 1 saturated heterocycles. The molecular formula is C20H18Br2ClNO5. The summed E-state index contributed by atoms with van der Waals surface area (Å²) in [7, 11) is 0. The Morgan fingerprint density at radius 1 is 1.17 bits per heavy atom. The highest BCUT2D eigenvalue weighted by Crippen LogP contribution is 2.60. The third kappa shape index (κ3) is 3.47. The molecule has 1 heterocycles. The maximum atomic E-state index is 12.8. The van der Waals surface area contributed by atoms with Crippen LogP contribution >= 0.6 is 43.5 Å². The lowest BCUT2D eigenvalue weighted by molar-refractivity contribution is -0.155. The van der Waals surface area contributed by atoms with Crippen LogP contribution in [0.3, 0.4) is 0 Å². The number of hydrogen-bond acceptors (Lipinski definition) is 5. The smallest absolute Gasteiger partial charge is 0.326 e. The Labute approximate surface area is 189 Å². The molecule has 3 aliphatic rings.